The maximum absolute atomic E-state index is 13.6. The van der Waals surface area contributed by atoms with Crippen molar-refractivity contribution in [2.24, 2.45) is 17.8 Å². The van der Waals surface area contributed by atoms with Crippen molar-refractivity contribution in [3.05, 3.63) is 29.3 Å². The Balaban J connectivity index is 2.03. The van der Waals surface area contributed by atoms with Gasteiger partial charge in [0, 0.05) is 44.8 Å². The van der Waals surface area contributed by atoms with Gasteiger partial charge in [-0.05, 0) is 68.8 Å². The number of hydrogen-bond acceptors (Lipinski definition) is 7. The normalized spacial score (nSPS) is 18.6. The van der Waals surface area contributed by atoms with E-state index in [9.17, 15) is 14.7 Å². The molecule has 0 aliphatic carbocycles. The molecule has 1 aromatic rings. The molecule has 0 unspecified atom stereocenters. The molecule has 0 spiro atoms. The van der Waals surface area contributed by atoms with Crippen molar-refractivity contribution < 1.29 is 24.2 Å². The van der Waals surface area contributed by atoms with Crippen molar-refractivity contribution in [1.29, 1.82) is 0 Å². The van der Waals surface area contributed by atoms with E-state index >= 15 is 0 Å². The third-order valence-corrected chi connectivity index (χ3v) is 6.91. The zero-order valence-corrected chi connectivity index (χ0v) is 23.0. The number of carbonyl (C=O) groups is 2. The molecule has 0 aromatic heterocycles. The standard InChI is InChI=1S/C28H47N3O5/c1-7-21-9-10-22(13-26(21)36-12-8-11-35-6)28(34)31(20(4)5)18-24-16-29-14-23(24)15-30-17-25(32)27(33)19(2)3/h9-10,13,19-20,23-24,27,29-30,33H,7-8,11-12,14-18H2,1-6H3/t23-,24-,27-/m0/s1. The lowest BCUT2D eigenvalue weighted by atomic mass is 9.94. The van der Waals surface area contributed by atoms with Crippen LogP contribution in [0, 0.1) is 17.8 Å². The molecular weight excluding hydrogens is 458 g/mol. The van der Waals surface area contributed by atoms with Crippen molar-refractivity contribution in [2.45, 2.75) is 59.6 Å². The third-order valence-electron chi connectivity index (χ3n) is 6.91. The zero-order chi connectivity index (χ0) is 26.7. The van der Waals surface area contributed by atoms with E-state index in [2.05, 4.69) is 17.6 Å². The van der Waals surface area contributed by atoms with Crippen LogP contribution in [0.25, 0.3) is 0 Å². The lowest BCUT2D eigenvalue weighted by molar-refractivity contribution is -0.128. The first-order chi connectivity index (χ1) is 17.2. The lowest BCUT2D eigenvalue weighted by Crippen LogP contribution is -2.44. The second-order valence-electron chi connectivity index (χ2n) is 10.4. The minimum Gasteiger partial charge on any atom is -0.493 e. The molecule has 204 valence electrons. The smallest absolute Gasteiger partial charge is 0.254 e. The van der Waals surface area contributed by atoms with E-state index in [1.807, 2.05) is 50.8 Å². The van der Waals surface area contributed by atoms with E-state index < -0.39 is 6.10 Å². The van der Waals surface area contributed by atoms with Gasteiger partial charge in [0.15, 0.2) is 5.78 Å². The molecule has 0 bridgehead atoms. The molecule has 36 heavy (non-hydrogen) atoms. The molecule has 1 aliphatic heterocycles. The molecule has 8 nitrogen and oxygen atoms in total. The SMILES string of the molecule is CCc1ccc(C(=O)N(C[C@@H]2CNC[C@H]2CNCC(=O)[C@@H](O)C(C)C)C(C)C)cc1OCCCOC. The lowest BCUT2D eigenvalue weighted by Gasteiger charge is -2.32. The Bertz CT molecular complexity index is 829. The summed E-state index contributed by atoms with van der Waals surface area (Å²) in [5.41, 5.74) is 1.72. The van der Waals surface area contributed by atoms with Gasteiger partial charge < -0.3 is 30.1 Å². The van der Waals surface area contributed by atoms with Crippen LogP contribution < -0.4 is 15.4 Å². The number of nitrogens with one attached hydrogen (secondary N) is 2. The second-order valence-corrected chi connectivity index (χ2v) is 10.4. The van der Waals surface area contributed by atoms with Crippen LogP contribution in [-0.4, -0.2) is 86.9 Å². The summed E-state index contributed by atoms with van der Waals surface area (Å²) in [7, 11) is 1.68. The second kappa shape index (κ2) is 15.3. The Morgan fingerprint density at radius 3 is 2.53 bits per heavy atom. The molecule has 1 fully saturated rings. The summed E-state index contributed by atoms with van der Waals surface area (Å²) in [6, 6.07) is 5.81. The fourth-order valence-corrected chi connectivity index (χ4v) is 4.54. The number of hydrogen-bond donors (Lipinski definition) is 3. The average molecular weight is 506 g/mol. The molecule has 3 N–H and O–H groups in total. The predicted molar refractivity (Wildman–Crippen MR) is 143 cm³/mol. The van der Waals surface area contributed by atoms with Gasteiger partial charge in [0.2, 0.25) is 0 Å². The van der Waals surface area contributed by atoms with Crippen LogP contribution in [0.4, 0.5) is 0 Å². The van der Waals surface area contributed by atoms with Crippen LogP contribution in [0.1, 0.15) is 57.0 Å². The highest BCUT2D eigenvalue weighted by Crippen LogP contribution is 2.25. The molecule has 1 aromatic carbocycles. The Hall–Kier alpha value is -2.00. The number of methoxy groups -OCH3 is 1. The van der Waals surface area contributed by atoms with E-state index in [4.69, 9.17) is 9.47 Å². The molecule has 1 aliphatic rings. The first kappa shape index (κ1) is 30.2. The minimum absolute atomic E-state index is 0.00300. The maximum Gasteiger partial charge on any atom is 0.254 e. The van der Waals surface area contributed by atoms with Crippen LogP contribution in [0.2, 0.25) is 0 Å². The highest BCUT2D eigenvalue weighted by molar-refractivity contribution is 5.95. The van der Waals surface area contributed by atoms with E-state index in [1.165, 1.54) is 0 Å². The molecule has 1 saturated heterocycles. The van der Waals surface area contributed by atoms with Gasteiger partial charge in [-0.15, -0.1) is 0 Å². The Labute approximate surface area is 217 Å². The molecule has 1 heterocycles. The quantitative estimate of drug-likeness (QED) is 0.297. The van der Waals surface area contributed by atoms with Crippen molar-refractivity contribution in [1.82, 2.24) is 15.5 Å². The van der Waals surface area contributed by atoms with Gasteiger partial charge in [-0.25, -0.2) is 0 Å². The van der Waals surface area contributed by atoms with Gasteiger partial charge in [0.05, 0.1) is 13.2 Å². The van der Waals surface area contributed by atoms with E-state index in [0.717, 1.165) is 37.2 Å². The fraction of sp³-hybridized carbons (Fsp3) is 0.714. The van der Waals surface area contributed by atoms with Gasteiger partial charge >= 0.3 is 0 Å². The van der Waals surface area contributed by atoms with Crippen LogP contribution >= 0.6 is 0 Å². The van der Waals surface area contributed by atoms with Gasteiger partial charge in [-0.3, -0.25) is 9.59 Å². The molecular formula is C28H47N3O5. The summed E-state index contributed by atoms with van der Waals surface area (Å²) in [6.07, 6.45) is 0.695. The first-order valence-corrected chi connectivity index (χ1v) is 13.4. The Morgan fingerprint density at radius 1 is 1.17 bits per heavy atom. The van der Waals surface area contributed by atoms with Crippen LogP contribution in [-0.2, 0) is 16.0 Å². The maximum atomic E-state index is 13.6. The summed E-state index contributed by atoms with van der Waals surface area (Å²) in [5.74, 6) is 1.07. The summed E-state index contributed by atoms with van der Waals surface area (Å²) in [5, 5.41) is 16.6. The van der Waals surface area contributed by atoms with Crippen molar-refractivity contribution in [2.75, 3.05) is 53.0 Å². The predicted octanol–water partition coefficient (Wildman–Crippen LogP) is 2.53. The largest absolute Gasteiger partial charge is 0.493 e. The summed E-state index contributed by atoms with van der Waals surface area (Å²) in [6.45, 7) is 14.2. The summed E-state index contributed by atoms with van der Waals surface area (Å²) < 4.78 is 11.1. The van der Waals surface area contributed by atoms with Crippen LogP contribution in [0.15, 0.2) is 18.2 Å². The number of ketones is 1. The minimum atomic E-state index is -0.933. The number of nitrogens with zero attached hydrogens (tertiary/aromatic N) is 1. The molecule has 3 atom stereocenters. The van der Waals surface area contributed by atoms with Gasteiger partial charge in [0.25, 0.3) is 5.91 Å². The Morgan fingerprint density at radius 2 is 1.89 bits per heavy atom. The number of aliphatic hydroxyl groups excluding tert-OH is 1. The molecule has 1 amide bonds. The van der Waals surface area contributed by atoms with Gasteiger partial charge in [-0.2, -0.15) is 0 Å². The number of aryl methyl sites for hydroxylation is 1. The van der Waals surface area contributed by atoms with Gasteiger partial charge in [-0.1, -0.05) is 26.8 Å². The highest BCUT2D eigenvalue weighted by Gasteiger charge is 2.32. The topological polar surface area (TPSA) is 100 Å². The monoisotopic (exact) mass is 505 g/mol. The van der Waals surface area contributed by atoms with Crippen LogP contribution in [0.5, 0.6) is 5.75 Å². The van der Waals surface area contributed by atoms with Crippen LogP contribution in [0.3, 0.4) is 0 Å². The fourth-order valence-electron chi connectivity index (χ4n) is 4.54. The number of rotatable bonds is 16. The zero-order valence-electron chi connectivity index (χ0n) is 23.0. The number of carbonyl (C=O) groups excluding carboxylic acids is 2. The van der Waals surface area contributed by atoms with E-state index in [0.29, 0.717) is 37.8 Å². The molecule has 0 saturated carbocycles. The molecule has 0 radical (unpaired) electrons. The van der Waals surface area contributed by atoms with Crippen molar-refractivity contribution in [3.8, 4) is 5.75 Å². The molecule has 2 rings (SSSR count). The summed E-state index contributed by atoms with van der Waals surface area (Å²) >= 11 is 0. The van der Waals surface area contributed by atoms with Crippen molar-refractivity contribution in [3.63, 3.8) is 0 Å². The number of benzene rings is 1. The summed E-state index contributed by atoms with van der Waals surface area (Å²) in [4.78, 5) is 27.7. The number of aliphatic hydroxyl groups is 1. The van der Waals surface area contributed by atoms with E-state index in [-0.39, 0.29) is 36.1 Å². The van der Waals surface area contributed by atoms with Crippen molar-refractivity contribution >= 4 is 11.7 Å². The average Bonchev–Trinajstić information content (AvgIpc) is 3.30. The Kier molecular flexibility index (Phi) is 12.8. The first-order valence-electron chi connectivity index (χ1n) is 13.4. The molecule has 8 heteroatoms. The highest BCUT2D eigenvalue weighted by atomic mass is 16.5. The number of amides is 1. The third kappa shape index (κ3) is 8.83. The number of Topliss-reactive ketones (excluding diaryl/α,β-unsaturated/α-hetero) is 1. The van der Waals surface area contributed by atoms with Gasteiger partial charge in [0.1, 0.15) is 11.9 Å². The number of ether oxygens (including phenoxy) is 2. The van der Waals surface area contributed by atoms with E-state index in [1.54, 1.807) is 7.11 Å².